The highest BCUT2D eigenvalue weighted by molar-refractivity contribution is 7.99. The minimum absolute atomic E-state index is 0.0941. The molecule has 0 aliphatic heterocycles. The molecule has 3 aromatic carbocycles. The first-order valence-corrected chi connectivity index (χ1v) is 13.3. The van der Waals surface area contributed by atoms with Gasteiger partial charge in [-0.2, -0.15) is 0 Å². The lowest BCUT2D eigenvalue weighted by Gasteiger charge is -2.11. The van der Waals surface area contributed by atoms with Gasteiger partial charge in [-0.3, -0.25) is 14.9 Å². The second kappa shape index (κ2) is 11.9. The Balaban J connectivity index is 1.48. The average molecular weight is 515 g/mol. The number of imidazole rings is 1. The number of nitrogens with zero attached hydrogens (tertiary/aromatic N) is 3. The quantitative estimate of drug-likeness (QED) is 0.110. The summed E-state index contributed by atoms with van der Waals surface area (Å²) in [6.07, 6.45) is 0.738. The van der Waals surface area contributed by atoms with Gasteiger partial charge in [0, 0.05) is 47.7 Å². The van der Waals surface area contributed by atoms with Gasteiger partial charge in [-0.25, -0.2) is 4.98 Å². The van der Waals surface area contributed by atoms with Crippen LogP contribution in [-0.4, -0.2) is 32.7 Å². The van der Waals surface area contributed by atoms with Crippen LogP contribution in [0.1, 0.15) is 34.8 Å². The monoisotopic (exact) mass is 514 g/mol. The second-order valence-electron chi connectivity index (χ2n) is 8.83. The van der Waals surface area contributed by atoms with Gasteiger partial charge >= 0.3 is 0 Å². The van der Waals surface area contributed by atoms with Crippen LogP contribution >= 0.6 is 11.8 Å². The van der Waals surface area contributed by atoms with Crippen molar-refractivity contribution in [2.24, 2.45) is 0 Å². The molecule has 4 aromatic rings. The molecular formula is C29H30N4O3S. The van der Waals surface area contributed by atoms with E-state index in [0.29, 0.717) is 6.54 Å². The molecule has 0 unspecified atom stereocenters. The van der Waals surface area contributed by atoms with Crippen molar-refractivity contribution in [3.05, 3.63) is 99.6 Å². The van der Waals surface area contributed by atoms with Crippen LogP contribution in [0.3, 0.4) is 0 Å². The van der Waals surface area contributed by atoms with Crippen LogP contribution in [0.25, 0.3) is 22.5 Å². The molecule has 37 heavy (non-hydrogen) atoms. The number of amides is 1. The van der Waals surface area contributed by atoms with Crippen LogP contribution in [0, 0.1) is 24.0 Å². The number of thioether (sulfide) groups is 1. The van der Waals surface area contributed by atoms with Gasteiger partial charge in [0.1, 0.15) is 0 Å². The zero-order valence-corrected chi connectivity index (χ0v) is 22.0. The molecule has 1 aromatic heterocycles. The van der Waals surface area contributed by atoms with Gasteiger partial charge < -0.3 is 9.88 Å². The molecule has 0 fully saturated rings. The maximum atomic E-state index is 12.4. The van der Waals surface area contributed by atoms with Crippen LogP contribution in [0.2, 0.25) is 0 Å². The van der Waals surface area contributed by atoms with Gasteiger partial charge in [-0.1, -0.05) is 77.5 Å². The molecule has 1 amide bonds. The van der Waals surface area contributed by atoms with E-state index in [1.54, 1.807) is 17.8 Å². The van der Waals surface area contributed by atoms with Crippen molar-refractivity contribution in [3.63, 3.8) is 0 Å². The topological polar surface area (TPSA) is 90.1 Å². The molecule has 7 nitrogen and oxygen atoms in total. The highest BCUT2D eigenvalue weighted by Gasteiger charge is 2.19. The summed E-state index contributed by atoms with van der Waals surface area (Å²) in [5, 5.41) is 14.8. The average Bonchev–Trinajstić information content (AvgIpc) is 3.27. The van der Waals surface area contributed by atoms with E-state index < -0.39 is 4.92 Å². The maximum Gasteiger partial charge on any atom is 0.270 e. The van der Waals surface area contributed by atoms with Crippen LogP contribution < -0.4 is 5.32 Å². The minimum atomic E-state index is -0.501. The molecule has 190 valence electrons. The largest absolute Gasteiger partial charge is 0.352 e. The van der Waals surface area contributed by atoms with Gasteiger partial charge in [0.15, 0.2) is 5.16 Å². The smallest absolute Gasteiger partial charge is 0.270 e. The van der Waals surface area contributed by atoms with Gasteiger partial charge in [-0.05, 0) is 33.3 Å². The molecule has 0 aliphatic rings. The molecule has 1 heterocycles. The van der Waals surface area contributed by atoms with Gasteiger partial charge in [0.05, 0.1) is 16.3 Å². The van der Waals surface area contributed by atoms with Gasteiger partial charge in [0.2, 0.25) is 0 Å². The number of nitrogens with one attached hydrogen (secondary N) is 1. The standard InChI is InChI=1S/C29H30N4O3S/c1-4-32-27(23-15-11-21(3)12-16-23)26(22-13-9-20(2)10-14-22)31-29(32)37-18-6-17-30-28(34)24-7-5-8-25(19-24)33(35)36/h5,7-16,19H,4,6,17-18H2,1-3H3,(H,30,34). The molecule has 0 bridgehead atoms. The highest BCUT2D eigenvalue weighted by atomic mass is 32.2. The zero-order valence-electron chi connectivity index (χ0n) is 21.2. The number of aromatic nitrogens is 2. The van der Waals surface area contributed by atoms with E-state index in [-0.39, 0.29) is 17.2 Å². The fourth-order valence-electron chi connectivity index (χ4n) is 4.05. The second-order valence-corrected chi connectivity index (χ2v) is 9.90. The third-order valence-electron chi connectivity index (χ3n) is 6.06. The van der Waals surface area contributed by atoms with E-state index in [0.717, 1.165) is 46.4 Å². The van der Waals surface area contributed by atoms with Crippen LogP contribution in [0.5, 0.6) is 0 Å². The number of nitro benzene ring substituents is 1. The Hall–Kier alpha value is -3.91. The summed E-state index contributed by atoms with van der Waals surface area (Å²) >= 11 is 1.67. The van der Waals surface area contributed by atoms with Crippen molar-refractivity contribution in [2.75, 3.05) is 12.3 Å². The summed E-state index contributed by atoms with van der Waals surface area (Å²) in [5.41, 5.74) is 6.89. The number of carbonyl (C=O) groups is 1. The maximum absolute atomic E-state index is 12.4. The number of hydrogen-bond acceptors (Lipinski definition) is 5. The number of non-ortho nitro benzene ring substituents is 1. The van der Waals surface area contributed by atoms with E-state index in [2.05, 4.69) is 79.2 Å². The van der Waals surface area contributed by atoms with E-state index in [4.69, 9.17) is 4.98 Å². The number of aryl methyl sites for hydroxylation is 2. The fraction of sp³-hybridized carbons (Fsp3) is 0.241. The Bertz CT molecular complexity index is 1400. The Morgan fingerprint density at radius 1 is 1.00 bits per heavy atom. The van der Waals surface area contributed by atoms with Crippen molar-refractivity contribution in [1.29, 1.82) is 0 Å². The number of benzene rings is 3. The molecule has 0 spiro atoms. The Kier molecular flexibility index (Phi) is 8.40. The number of hydrogen-bond donors (Lipinski definition) is 1. The summed E-state index contributed by atoms with van der Waals surface area (Å²) in [7, 11) is 0. The Morgan fingerprint density at radius 3 is 2.27 bits per heavy atom. The molecule has 0 radical (unpaired) electrons. The fourth-order valence-corrected chi connectivity index (χ4v) is 5.06. The molecular weight excluding hydrogens is 484 g/mol. The molecule has 0 aliphatic carbocycles. The third kappa shape index (κ3) is 6.27. The highest BCUT2D eigenvalue weighted by Crippen LogP contribution is 2.36. The number of rotatable bonds is 10. The first-order valence-electron chi connectivity index (χ1n) is 12.3. The molecule has 8 heteroatoms. The Labute approximate surface area is 221 Å². The molecule has 1 N–H and O–H groups in total. The molecule has 0 atom stereocenters. The van der Waals surface area contributed by atoms with Crippen LogP contribution in [-0.2, 0) is 6.54 Å². The van der Waals surface area contributed by atoms with Crippen LogP contribution in [0.4, 0.5) is 5.69 Å². The summed E-state index contributed by atoms with van der Waals surface area (Å²) in [4.78, 5) is 27.9. The first-order chi connectivity index (χ1) is 17.9. The lowest BCUT2D eigenvalue weighted by atomic mass is 10.0. The van der Waals surface area contributed by atoms with E-state index in [1.807, 2.05) is 0 Å². The molecule has 0 saturated carbocycles. The Morgan fingerprint density at radius 2 is 1.65 bits per heavy atom. The predicted molar refractivity (Wildman–Crippen MR) is 149 cm³/mol. The normalized spacial score (nSPS) is 10.9. The van der Waals surface area contributed by atoms with Crippen LogP contribution in [0.15, 0.2) is 78.0 Å². The van der Waals surface area contributed by atoms with Gasteiger partial charge in [0.25, 0.3) is 11.6 Å². The lowest BCUT2D eigenvalue weighted by molar-refractivity contribution is -0.384. The lowest BCUT2D eigenvalue weighted by Crippen LogP contribution is -2.24. The first kappa shape index (κ1) is 26.2. The van der Waals surface area contributed by atoms with Gasteiger partial charge in [-0.15, -0.1) is 0 Å². The van der Waals surface area contributed by atoms with E-state index in [1.165, 1.54) is 29.3 Å². The van der Waals surface area contributed by atoms with E-state index in [9.17, 15) is 14.9 Å². The summed E-state index contributed by atoms with van der Waals surface area (Å²) in [5.74, 6) is 0.458. The third-order valence-corrected chi connectivity index (χ3v) is 7.12. The van der Waals surface area contributed by atoms with Crippen molar-refractivity contribution in [2.45, 2.75) is 38.9 Å². The van der Waals surface area contributed by atoms with Crippen molar-refractivity contribution >= 4 is 23.4 Å². The van der Waals surface area contributed by atoms with Crippen molar-refractivity contribution in [3.8, 4) is 22.5 Å². The zero-order chi connectivity index (χ0) is 26.4. The SMILES string of the molecule is CCn1c(SCCCNC(=O)c2cccc([N+](=O)[O-])c2)nc(-c2ccc(C)cc2)c1-c1ccc(C)cc1. The number of carbonyl (C=O) groups excluding carboxylic acids is 1. The molecule has 0 saturated heterocycles. The summed E-state index contributed by atoms with van der Waals surface area (Å²) < 4.78 is 2.26. The number of nitro groups is 1. The van der Waals surface area contributed by atoms with Crippen molar-refractivity contribution in [1.82, 2.24) is 14.9 Å². The van der Waals surface area contributed by atoms with E-state index >= 15 is 0 Å². The van der Waals surface area contributed by atoms with Crippen molar-refractivity contribution < 1.29 is 9.72 Å². The summed E-state index contributed by atoms with van der Waals surface area (Å²) in [6, 6.07) is 22.8. The minimum Gasteiger partial charge on any atom is -0.352 e. The summed E-state index contributed by atoms with van der Waals surface area (Å²) in [6.45, 7) is 7.54. The molecule has 4 rings (SSSR count). The predicted octanol–water partition coefficient (Wildman–Crippen LogP) is 6.67.